The molecule has 1 aromatic carbocycles. The molecule has 6 nitrogen and oxygen atoms in total. The number of nitrogens with zero attached hydrogens (tertiary/aromatic N) is 1. The van der Waals surface area contributed by atoms with Crippen LogP contribution in [-0.2, 0) is 0 Å². The van der Waals surface area contributed by atoms with Crippen LogP contribution >= 0.6 is 0 Å². The third kappa shape index (κ3) is 1.97. The van der Waals surface area contributed by atoms with Crippen LogP contribution in [0.2, 0.25) is 0 Å². The van der Waals surface area contributed by atoms with Gasteiger partial charge in [-0.15, -0.1) is 0 Å². The van der Waals surface area contributed by atoms with Crippen molar-refractivity contribution in [2.45, 2.75) is 0 Å². The molecule has 2 aromatic rings. The van der Waals surface area contributed by atoms with Gasteiger partial charge < -0.3 is 19.5 Å². The van der Waals surface area contributed by atoms with E-state index in [1.165, 1.54) is 7.11 Å². The van der Waals surface area contributed by atoms with Crippen LogP contribution in [0.1, 0.15) is 10.6 Å². The summed E-state index contributed by atoms with van der Waals surface area (Å²) in [6, 6.07) is 3.12. The molecular weight excluding hydrogens is 245 g/mol. The van der Waals surface area contributed by atoms with Crippen LogP contribution < -0.4 is 4.74 Å². The van der Waals surface area contributed by atoms with E-state index in [0.29, 0.717) is 0 Å². The number of aromatic hydroxyl groups is 1. The monoisotopic (exact) mass is 253 g/mol. The van der Waals surface area contributed by atoms with Crippen LogP contribution in [0.15, 0.2) is 22.7 Å². The highest BCUT2D eigenvalue weighted by Crippen LogP contribution is 2.33. The van der Waals surface area contributed by atoms with Crippen LogP contribution in [0.4, 0.5) is 4.39 Å². The Morgan fingerprint density at radius 1 is 1.44 bits per heavy atom. The Kier molecular flexibility index (Phi) is 2.88. The predicted molar refractivity (Wildman–Crippen MR) is 57.1 cm³/mol. The number of aromatic nitrogens is 1. The minimum atomic E-state index is -1.31. The molecule has 94 valence electrons. The maximum atomic E-state index is 13.7. The Labute approximate surface area is 100 Å². The topological polar surface area (TPSA) is 92.8 Å². The van der Waals surface area contributed by atoms with Crippen molar-refractivity contribution in [1.82, 2.24) is 5.16 Å². The second kappa shape index (κ2) is 4.36. The Balaban J connectivity index is 2.50. The Morgan fingerprint density at radius 3 is 2.72 bits per heavy atom. The zero-order valence-corrected chi connectivity index (χ0v) is 9.18. The molecule has 0 amide bonds. The van der Waals surface area contributed by atoms with Crippen LogP contribution in [0.3, 0.4) is 0 Å². The summed E-state index contributed by atoms with van der Waals surface area (Å²) in [6.45, 7) is 0. The van der Waals surface area contributed by atoms with Gasteiger partial charge in [0.1, 0.15) is 11.5 Å². The molecule has 1 heterocycles. The van der Waals surface area contributed by atoms with Gasteiger partial charge in [-0.1, -0.05) is 5.16 Å². The molecule has 0 bridgehead atoms. The van der Waals surface area contributed by atoms with Crippen LogP contribution in [0.5, 0.6) is 11.5 Å². The molecule has 0 radical (unpaired) electrons. The molecule has 7 heteroatoms. The number of phenols is 1. The molecule has 18 heavy (non-hydrogen) atoms. The summed E-state index contributed by atoms with van der Waals surface area (Å²) in [4.78, 5) is 10.6. The number of hydrogen-bond donors (Lipinski definition) is 2. The quantitative estimate of drug-likeness (QED) is 0.867. The fourth-order valence-corrected chi connectivity index (χ4v) is 1.41. The lowest BCUT2D eigenvalue weighted by atomic mass is 10.1. The molecule has 0 spiro atoms. The molecule has 0 saturated heterocycles. The van der Waals surface area contributed by atoms with Gasteiger partial charge in [0.05, 0.1) is 7.11 Å². The van der Waals surface area contributed by atoms with E-state index in [-0.39, 0.29) is 22.8 Å². The molecule has 0 aliphatic rings. The van der Waals surface area contributed by atoms with Crippen molar-refractivity contribution in [1.29, 1.82) is 0 Å². The minimum absolute atomic E-state index is 0.0251. The molecule has 2 rings (SSSR count). The number of aromatic carboxylic acids is 1. The van der Waals surface area contributed by atoms with Gasteiger partial charge >= 0.3 is 5.97 Å². The summed E-state index contributed by atoms with van der Waals surface area (Å²) >= 11 is 0. The van der Waals surface area contributed by atoms with Crippen molar-refractivity contribution in [2.24, 2.45) is 0 Å². The van der Waals surface area contributed by atoms with Gasteiger partial charge in [-0.25, -0.2) is 9.18 Å². The number of carboxylic acids is 1. The van der Waals surface area contributed by atoms with E-state index >= 15 is 0 Å². The first kappa shape index (κ1) is 11.9. The highest BCUT2D eigenvalue weighted by molar-refractivity contribution is 5.85. The highest BCUT2D eigenvalue weighted by atomic mass is 19.1. The lowest BCUT2D eigenvalue weighted by molar-refractivity contribution is 0.0652. The van der Waals surface area contributed by atoms with E-state index < -0.39 is 17.5 Å². The van der Waals surface area contributed by atoms with E-state index in [9.17, 15) is 14.3 Å². The molecule has 0 unspecified atom stereocenters. The number of benzene rings is 1. The second-order valence-electron chi connectivity index (χ2n) is 3.39. The second-order valence-corrected chi connectivity index (χ2v) is 3.39. The van der Waals surface area contributed by atoms with E-state index in [4.69, 9.17) is 9.84 Å². The van der Waals surface area contributed by atoms with Crippen molar-refractivity contribution >= 4 is 5.97 Å². The molecule has 0 saturated carbocycles. The lowest BCUT2D eigenvalue weighted by Crippen LogP contribution is -1.92. The largest absolute Gasteiger partial charge is 0.504 e. The number of hydrogen-bond acceptors (Lipinski definition) is 5. The first-order valence-corrected chi connectivity index (χ1v) is 4.80. The van der Waals surface area contributed by atoms with Crippen LogP contribution in [-0.4, -0.2) is 28.4 Å². The highest BCUT2D eigenvalue weighted by Gasteiger charge is 2.17. The fraction of sp³-hybridized carbons (Fsp3) is 0.0909. The first-order chi connectivity index (χ1) is 8.52. The van der Waals surface area contributed by atoms with Crippen molar-refractivity contribution in [3.8, 4) is 22.8 Å². The zero-order valence-electron chi connectivity index (χ0n) is 9.18. The Bertz CT molecular complexity index is 607. The van der Waals surface area contributed by atoms with Gasteiger partial charge in [0.25, 0.3) is 0 Å². The number of phenolic OH excluding ortho intramolecular Hbond substituents is 1. The fourth-order valence-electron chi connectivity index (χ4n) is 1.41. The normalized spacial score (nSPS) is 10.3. The number of halogens is 1. The number of carboxylic acid groups (broad SMARTS) is 1. The number of rotatable bonds is 3. The summed E-state index contributed by atoms with van der Waals surface area (Å²) in [5.41, 5.74) is -0.104. The van der Waals surface area contributed by atoms with E-state index in [1.807, 2.05) is 0 Å². The molecule has 0 aliphatic heterocycles. The molecule has 0 atom stereocenters. The average Bonchev–Trinajstić information content (AvgIpc) is 2.81. The van der Waals surface area contributed by atoms with Crippen molar-refractivity contribution in [2.75, 3.05) is 7.11 Å². The smallest absolute Gasteiger partial charge is 0.374 e. The molecular formula is C11H8FNO5. The van der Waals surface area contributed by atoms with Crippen LogP contribution in [0.25, 0.3) is 11.3 Å². The third-order valence-corrected chi connectivity index (χ3v) is 2.27. The number of ether oxygens (including phenoxy) is 1. The van der Waals surface area contributed by atoms with Gasteiger partial charge in [-0.3, -0.25) is 0 Å². The van der Waals surface area contributed by atoms with Gasteiger partial charge in [0.2, 0.25) is 5.76 Å². The third-order valence-electron chi connectivity index (χ3n) is 2.27. The van der Waals surface area contributed by atoms with Gasteiger partial charge in [0.15, 0.2) is 11.5 Å². The molecule has 0 fully saturated rings. The van der Waals surface area contributed by atoms with Gasteiger partial charge in [-0.05, 0) is 6.07 Å². The maximum Gasteiger partial charge on any atom is 0.374 e. The Hall–Kier alpha value is -2.57. The first-order valence-electron chi connectivity index (χ1n) is 4.80. The summed E-state index contributed by atoms with van der Waals surface area (Å²) in [7, 11) is 1.28. The summed E-state index contributed by atoms with van der Waals surface area (Å²) in [5, 5.41) is 21.6. The van der Waals surface area contributed by atoms with Crippen molar-refractivity contribution < 1.29 is 28.7 Å². The minimum Gasteiger partial charge on any atom is -0.504 e. The van der Waals surface area contributed by atoms with Crippen molar-refractivity contribution in [3.63, 3.8) is 0 Å². The number of methoxy groups -OCH3 is 1. The standard InChI is InChI=1S/C11H8FNO5/c1-17-9-3-6(12)5(2-8(9)14)7-4-10(11(15)16)18-13-7/h2-4,14H,1H3,(H,15,16). The van der Waals surface area contributed by atoms with E-state index in [0.717, 1.165) is 18.2 Å². The van der Waals surface area contributed by atoms with Gasteiger partial charge in [-0.2, -0.15) is 0 Å². The Morgan fingerprint density at radius 2 is 2.17 bits per heavy atom. The predicted octanol–water partition coefficient (Wildman–Crippen LogP) is 1.89. The maximum absolute atomic E-state index is 13.7. The molecule has 0 aliphatic carbocycles. The zero-order chi connectivity index (χ0) is 13.3. The number of carbonyl (C=O) groups is 1. The average molecular weight is 253 g/mol. The van der Waals surface area contributed by atoms with Crippen LogP contribution in [0, 0.1) is 5.82 Å². The van der Waals surface area contributed by atoms with Gasteiger partial charge in [0, 0.05) is 17.7 Å². The van der Waals surface area contributed by atoms with E-state index in [2.05, 4.69) is 9.68 Å². The van der Waals surface area contributed by atoms with E-state index in [1.54, 1.807) is 0 Å². The summed E-state index contributed by atoms with van der Waals surface area (Å²) in [6.07, 6.45) is 0. The van der Waals surface area contributed by atoms with Crippen molar-refractivity contribution in [3.05, 3.63) is 29.8 Å². The SMILES string of the molecule is COc1cc(F)c(-c2cc(C(=O)O)on2)cc1O. The lowest BCUT2D eigenvalue weighted by Gasteiger charge is -2.05. The molecule has 2 N–H and O–H groups in total. The summed E-state index contributed by atoms with van der Waals surface area (Å²) in [5.74, 6) is -2.76. The molecule has 1 aromatic heterocycles. The summed E-state index contributed by atoms with van der Waals surface area (Å²) < 4.78 is 22.9.